The second-order valence-corrected chi connectivity index (χ2v) is 3.31. The van der Waals surface area contributed by atoms with Crippen LogP contribution in [0.15, 0.2) is 18.2 Å². The molecular weight excluding hydrogens is 222 g/mol. The minimum atomic E-state index is -0.519. The molecule has 5 nitrogen and oxygen atoms in total. The van der Waals surface area contributed by atoms with Crippen LogP contribution in [0.25, 0.3) is 0 Å². The third kappa shape index (κ3) is 3.14. The van der Waals surface area contributed by atoms with E-state index >= 15 is 0 Å². The third-order valence-corrected chi connectivity index (χ3v) is 2.20. The highest BCUT2D eigenvalue weighted by Crippen LogP contribution is 2.17. The van der Waals surface area contributed by atoms with Gasteiger partial charge in [0.25, 0.3) is 0 Å². The summed E-state index contributed by atoms with van der Waals surface area (Å²) < 4.78 is 4.56. The molecule has 0 saturated heterocycles. The van der Waals surface area contributed by atoms with Crippen molar-refractivity contribution >= 4 is 23.9 Å². The Balaban J connectivity index is 3.10. The number of amides is 1. The predicted octanol–water partition coefficient (Wildman–Crippen LogP) is 1.63. The summed E-state index contributed by atoms with van der Waals surface area (Å²) in [7, 11) is 1.26. The molecule has 0 aliphatic rings. The van der Waals surface area contributed by atoms with Crippen LogP contribution in [0, 0.1) is 0 Å². The van der Waals surface area contributed by atoms with Gasteiger partial charge in [0.1, 0.15) is 0 Å². The van der Waals surface area contributed by atoms with Crippen molar-refractivity contribution in [3.63, 3.8) is 0 Å². The molecule has 0 aromatic heterocycles. The SMILES string of the molecule is CCC(=O)Nc1cc(C(=O)OC)ccc1C=O. The number of anilines is 1. The van der Waals surface area contributed by atoms with E-state index in [0.717, 1.165) is 0 Å². The van der Waals surface area contributed by atoms with Gasteiger partial charge in [-0.1, -0.05) is 6.92 Å². The summed E-state index contributed by atoms with van der Waals surface area (Å²) in [6.45, 7) is 1.69. The molecule has 0 unspecified atom stereocenters. The maximum absolute atomic E-state index is 11.3. The van der Waals surface area contributed by atoms with Crippen LogP contribution in [0.1, 0.15) is 34.1 Å². The fourth-order valence-corrected chi connectivity index (χ4v) is 1.25. The van der Waals surface area contributed by atoms with Gasteiger partial charge in [0.2, 0.25) is 5.91 Å². The van der Waals surface area contributed by atoms with E-state index in [1.165, 1.54) is 25.3 Å². The molecule has 0 saturated carbocycles. The molecule has 1 N–H and O–H groups in total. The predicted molar refractivity (Wildman–Crippen MR) is 62.1 cm³/mol. The summed E-state index contributed by atoms with van der Waals surface area (Å²) >= 11 is 0. The van der Waals surface area contributed by atoms with Crippen LogP contribution in [0.4, 0.5) is 5.69 Å². The largest absolute Gasteiger partial charge is 0.465 e. The van der Waals surface area contributed by atoms with Gasteiger partial charge in [0.05, 0.1) is 18.4 Å². The molecule has 0 radical (unpaired) electrons. The van der Waals surface area contributed by atoms with Gasteiger partial charge in [-0.2, -0.15) is 0 Å². The lowest BCUT2D eigenvalue weighted by Crippen LogP contribution is -2.12. The number of carbonyl (C=O) groups excluding carboxylic acids is 3. The maximum atomic E-state index is 11.3. The molecule has 1 aromatic carbocycles. The molecule has 1 rings (SSSR count). The molecule has 0 fully saturated rings. The summed E-state index contributed by atoms with van der Waals surface area (Å²) in [5.41, 5.74) is 0.915. The number of methoxy groups -OCH3 is 1. The molecule has 0 heterocycles. The van der Waals surface area contributed by atoms with Crippen LogP contribution < -0.4 is 5.32 Å². The number of nitrogens with one attached hydrogen (secondary N) is 1. The van der Waals surface area contributed by atoms with Crippen molar-refractivity contribution in [2.75, 3.05) is 12.4 Å². The van der Waals surface area contributed by atoms with Gasteiger partial charge in [0, 0.05) is 12.0 Å². The molecule has 1 amide bonds. The van der Waals surface area contributed by atoms with Gasteiger partial charge < -0.3 is 10.1 Å². The third-order valence-electron chi connectivity index (χ3n) is 2.20. The summed E-state index contributed by atoms with van der Waals surface area (Å²) in [5, 5.41) is 2.55. The van der Waals surface area contributed by atoms with E-state index in [4.69, 9.17) is 0 Å². The minimum absolute atomic E-state index is 0.227. The Morgan fingerprint density at radius 2 is 2.12 bits per heavy atom. The standard InChI is InChI=1S/C12H13NO4/c1-3-11(15)13-10-6-8(12(16)17-2)4-5-9(10)7-14/h4-7H,3H2,1-2H3,(H,13,15). The number of carbonyl (C=O) groups is 3. The molecule has 5 heteroatoms. The summed E-state index contributed by atoms with van der Waals surface area (Å²) in [6, 6.07) is 4.35. The van der Waals surface area contributed by atoms with Crippen molar-refractivity contribution in [2.24, 2.45) is 0 Å². The van der Waals surface area contributed by atoms with Gasteiger partial charge >= 0.3 is 5.97 Å². The minimum Gasteiger partial charge on any atom is -0.465 e. The van der Waals surface area contributed by atoms with E-state index in [2.05, 4.69) is 10.1 Å². The Morgan fingerprint density at radius 3 is 2.65 bits per heavy atom. The zero-order valence-electron chi connectivity index (χ0n) is 9.65. The van der Waals surface area contributed by atoms with Gasteiger partial charge in [-0.05, 0) is 18.2 Å². The maximum Gasteiger partial charge on any atom is 0.337 e. The monoisotopic (exact) mass is 235 g/mol. The number of aldehydes is 1. The van der Waals surface area contributed by atoms with Crippen LogP contribution in [0.2, 0.25) is 0 Å². The smallest absolute Gasteiger partial charge is 0.337 e. The second-order valence-electron chi connectivity index (χ2n) is 3.31. The van der Waals surface area contributed by atoms with E-state index in [0.29, 0.717) is 24.0 Å². The lowest BCUT2D eigenvalue weighted by Gasteiger charge is -2.08. The van der Waals surface area contributed by atoms with E-state index in [1.807, 2.05) is 0 Å². The Hall–Kier alpha value is -2.17. The summed E-state index contributed by atoms with van der Waals surface area (Å²) in [4.78, 5) is 33.3. The van der Waals surface area contributed by atoms with Crippen molar-refractivity contribution in [3.05, 3.63) is 29.3 Å². The molecule has 17 heavy (non-hydrogen) atoms. The van der Waals surface area contributed by atoms with Gasteiger partial charge in [0.15, 0.2) is 6.29 Å². The van der Waals surface area contributed by atoms with E-state index < -0.39 is 5.97 Å². The summed E-state index contributed by atoms with van der Waals surface area (Å²) in [5.74, 6) is -0.746. The normalized spacial score (nSPS) is 9.53. The molecular formula is C12H13NO4. The lowest BCUT2D eigenvalue weighted by atomic mass is 10.1. The highest BCUT2D eigenvalue weighted by Gasteiger charge is 2.10. The number of hydrogen-bond acceptors (Lipinski definition) is 4. The van der Waals surface area contributed by atoms with Crippen molar-refractivity contribution in [2.45, 2.75) is 13.3 Å². The van der Waals surface area contributed by atoms with Crippen molar-refractivity contribution in [1.29, 1.82) is 0 Å². The Labute approximate surface area is 98.8 Å². The molecule has 0 spiro atoms. The molecule has 0 aliphatic carbocycles. The zero-order chi connectivity index (χ0) is 12.8. The first-order valence-corrected chi connectivity index (χ1v) is 5.09. The fraction of sp³-hybridized carbons (Fsp3) is 0.250. The Kier molecular flexibility index (Phi) is 4.39. The van der Waals surface area contributed by atoms with Crippen LogP contribution in [0.3, 0.4) is 0 Å². The highest BCUT2D eigenvalue weighted by molar-refractivity contribution is 5.99. The van der Waals surface area contributed by atoms with Crippen molar-refractivity contribution in [1.82, 2.24) is 0 Å². The Morgan fingerprint density at radius 1 is 1.41 bits per heavy atom. The van der Waals surface area contributed by atoms with Crippen molar-refractivity contribution < 1.29 is 19.1 Å². The number of esters is 1. The number of hydrogen-bond donors (Lipinski definition) is 1. The van der Waals surface area contributed by atoms with E-state index in [9.17, 15) is 14.4 Å². The van der Waals surface area contributed by atoms with Crippen LogP contribution in [0.5, 0.6) is 0 Å². The van der Waals surface area contributed by atoms with Crippen LogP contribution in [-0.4, -0.2) is 25.3 Å². The Bertz CT molecular complexity index is 454. The number of rotatable bonds is 4. The summed E-state index contributed by atoms with van der Waals surface area (Å²) in [6.07, 6.45) is 0.910. The van der Waals surface area contributed by atoms with Gasteiger partial charge in [-0.25, -0.2) is 4.79 Å². The fourth-order valence-electron chi connectivity index (χ4n) is 1.25. The first-order valence-electron chi connectivity index (χ1n) is 5.09. The van der Waals surface area contributed by atoms with Gasteiger partial charge in [-0.3, -0.25) is 9.59 Å². The quantitative estimate of drug-likeness (QED) is 0.636. The molecule has 0 aliphatic heterocycles. The first kappa shape index (κ1) is 12.9. The van der Waals surface area contributed by atoms with Crippen LogP contribution in [-0.2, 0) is 9.53 Å². The first-order chi connectivity index (χ1) is 8.12. The lowest BCUT2D eigenvalue weighted by molar-refractivity contribution is -0.115. The number of benzene rings is 1. The molecule has 0 atom stereocenters. The van der Waals surface area contributed by atoms with E-state index in [-0.39, 0.29) is 11.5 Å². The molecule has 1 aromatic rings. The second kappa shape index (κ2) is 5.79. The zero-order valence-corrected chi connectivity index (χ0v) is 9.65. The number of ether oxygens (including phenoxy) is 1. The van der Waals surface area contributed by atoms with Crippen molar-refractivity contribution in [3.8, 4) is 0 Å². The van der Waals surface area contributed by atoms with E-state index in [1.54, 1.807) is 6.92 Å². The highest BCUT2D eigenvalue weighted by atomic mass is 16.5. The average molecular weight is 235 g/mol. The molecule has 90 valence electrons. The van der Waals surface area contributed by atoms with Crippen LogP contribution >= 0.6 is 0 Å². The molecule has 0 bridgehead atoms. The average Bonchev–Trinajstić information content (AvgIpc) is 2.37. The van der Waals surface area contributed by atoms with Gasteiger partial charge in [-0.15, -0.1) is 0 Å². The topological polar surface area (TPSA) is 72.5 Å².